The average Bonchev–Trinajstić information content (AvgIpc) is 3.41. The second kappa shape index (κ2) is 8.13. The zero-order valence-corrected chi connectivity index (χ0v) is 17.7. The number of aromatic nitrogens is 3. The Kier molecular flexibility index (Phi) is 5.56. The van der Waals surface area contributed by atoms with Crippen molar-refractivity contribution in [2.24, 2.45) is 0 Å². The molecule has 2 aliphatic rings. The molecular weight excluding hydrogens is 366 g/mol. The number of aryl methyl sites for hydroxylation is 1. The van der Waals surface area contributed by atoms with Gasteiger partial charge >= 0.3 is 0 Å². The molecule has 2 unspecified atom stereocenters. The van der Waals surface area contributed by atoms with Gasteiger partial charge in [-0.2, -0.15) is 5.10 Å². The normalized spacial score (nSPS) is 21.0. The van der Waals surface area contributed by atoms with Gasteiger partial charge in [-0.3, -0.25) is 9.59 Å². The molecule has 0 radical (unpaired) electrons. The van der Waals surface area contributed by atoms with Crippen LogP contribution in [0.2, 0.25) is 0 Å². The van der Waals surface area contributed by atoms with E-state index in [0.717, 1.165) is 68.3 Å². The van der Waals surface area contributed by atoms with E-state index >= 15 is 0 Å². The van der Waals surface area contributed by atoms with Gasteiger partial charge < -0.3 is 9.80 Å². The number of likely N-dealkylation sites (tertiary alicyclic amines) is 2. The number of fused-ring (bicyclic) bond motifs is 1. The highest BCUT2D eigenvalue weighted by Gasteiger charge is 2.36. The molecule has 2 aromatic heterocycles. The average molecular weight is 398 g/mol. The lowest BCUT2D eigenvalue weighted by Gasteiger charge is -2.37. The summed E-state index contributed by atoms with van der Waals surface area (Å²) < 4.78 is 1.90. The van der Waals surface area contributed by atoms with Crippen molar-refractivity contribution >= 4 is 22.8 Å². The van der Waals surface area contributed by atoms with Crippen molar-refractivity contribution in [3.8, 4) is 0 Å². The molecule has 0 N–H and O–H groups in total. The van der Waals surface area contributed by atoms with Crippen LogP contribution >= 0.6 is 0 Å². The number of carbonyl (C=O) groups excluding carboxylic acids is 2. The Morgan fingerprint density at radius 3 is 2.62 bits per heavy atom. The van der Waals surface area contributed by atoms with Crippen molar-refractivity contribution in [3.05, 3.63) is 23.5 Å². The van der Waals surface area contributed by atoms with Crippen molar-refractivity contribution in [1.82, 2.24) is 24.6 Å². The maximum atomic E-state index is 13.6. The molecule has 156 valence electrons. The van der Waals surface area contributed by atoms with Gasteiger partial charge in [0, 0.05) is 25.3 Å². The minimum Gasteiger partial charge on any atom is -0.341 e. The molecule has 4 rings (SSSR count). The van der Waals surface area contributed by atoms with Gasteiger partial charge in [-0.1, -0.05) is 6.92 Å². The maximum Gasteiger partial charge on any atom is 0.255 e. The van der Waals surface area contributed by atoms with Gasteiger partial charge in [0.1, 0.15) is 6.04 Å². The Morgan fingerprint density at radius 2 is 1.90 bits per heavy atom. The van der Waals surface area contributed by atoms with Crippen LogP contribution < -0.4 is 0 Å². The Hall–Kier alpha value is -2.44. The van der Waals surface area contributed by atoms with Crippen molar-refractivity contribution in [1.29, 1.82) is 0 Å². The first-order valence-corrected chi connectivity index (χ1v) is 11.0. The topological polar surface area (TPSA) is 71.3 Å². The van der Waals surface area contributed by atoms with Gasteiger partial charge in [-0.25, -0.2) is 9.67 Å². The zero-order chi connectivity index (χ0) is 20.5. The van der Waals surface area contributed by atoms with E-state index in [4.69, 9.17) is 0 Å². The van der Waals surface area contributed by atoms with Crippen LogP contribution in [0.3, 0.4) is 0 Å². The molecule has 0 bridgehead atoms. The van der Waals surface area contributed by atoms with Crippen LogP contribution in [0.5, 0.6) is 0 Å². The van der Waals surface area contributed by atoms with E-state index in [2.05, 4.69) is 23.9 Å². The first-order valence-electron chi connectivity index (χ1n) is 11.0. The number of rotatable bonds is 4. The van der Waals surface area contributed by atoms with E-state index in [1.54, 1.807) is 11.1 Å². The standard InChI is InChI=1S/C22H31N5O2/c1-4-16(3)27-20-18(14-23-27)17(13-15(2)24-20)21(28)26-12-6-5-9-19(26)22(29)25-10-7-8-11-25/h13-14,16,19H,4-12H2,1-3H3. The van der Waals surface area contributed by atoms with Crippen LogP contribution in [0.1, 0.15) is 74.5 Å². The minimum absolute atomic E-state index is 0.0681. The van der Waals surface area contributed by atoms with E-state index in [-0.39, 0.29) is 23.9 Å². The number of pyridine rings is 1. The molecule has 2 amide bonds. The van der Waals surface area contributed by atoms with Gasteiger partial charge in [-0.05, 0) is 58.4 Å². The number of carbonyl (C=O) groups is 2. The van der Waals surface area contributed by atoms with Crippen LogP contribution in [-0.4, -0.2) is 62.1 Å². The summed E-state index contributed by atoms with van der Waals surface area (Å²) in [4.78, 5) is 35.2. The van der Waals surface area contributed by atoms with E-state index in [9.17, 15) is 9.59 Å². The van der Waals surface area contributed by atoms with Gasteiger partial charge in [0.25, 0.3) is 5.91 Å². The SMILES string of the molecule is CCC(C)n1ncc2c(C(=O)N3CCCCC3C(=O)N3CCCC3)cc(C)nc21. The molecule has 2 aliphatic heterocycles. The summed E-state index contributed by atoms with van der Waals surface area (Å²) in [5.41, 5.74) is 2.16. The van der Waals surface area contributed by atoms with Gasteiger partial charge in [0.05, 0.1) is 23.2 Å². The Labute approximate surface area is 172 Å². The minimum atomic E-state index is -0.345. The summed E-state index contributed by atoms with van der Waals surface area (Å²) >= 11 is 0. The molecule has 2 atom stereocenters. The molecule has 2 aromatic rings. The summed E-state index contributed by atoms with van der Waals surface area (Å²) in [6.45, 7) is 8.39. The van der Waals surface area contributed by atoms with Gasteiger partial charge in [0.15, 0.2) is 5.65 Å². The predicted octanol–water partition coefficient (Wildman–Crippen LogP) is 3.33. The predicted molar refractivity (Wildman–Crippen MR) is 112 cm³/mol. The van der Waals surface area contributed by atoms with E-state index in [1.165, 1.54) is 0 Å². The molecule has 2 fully saturated rings. The lowest BCUT2D eigenvalue weighted by Crippen LogP contribution is -2.52. The number of piperidine rings is 1. The number of hydrogen-bond acceptors (Lipinski definition) is 4. The highest BCUT2D eigenvalue weighted by molar-refractivity contribution is 6.07. The molecule has 0 saturated carbocycles. The first kappa shape index (κ1) is 19.9. The van der Waals surface area contributed by atoms with Gasteiger partial charge in [0.2, 0.25) is 5.91 Å². The zero-order valence-electron chi connectivity index (χ0n) is 17.7. The number of hydrogen-bond donors (Lipinski definition) is 0. The van der Waals surface area contributed by atoms with Crippen LogP contribution in [0, 0.1) is 6.92 Å². The molecule has 7 heteroatoms. The fourth-order valence-electron chi connectivity index (χ4n) is 4.55. The van der Waals surface area contributed by atoms with E-state index in [1.807, 2.05) is 22.6 Å². The molecule has 0 spiro atoms. The van der Waals surface area contributed by atoms with Crippen molar-refractivity contribution in [3.63, 3.8) is 0 Å². The number of amides is 2. The van der Waals surface area contributed by atoms with Gasteiger partial charge in [-0.15, -0.1) is 0 Å². The Balaban J connectivity index is 1.69. The smallest absolute Gasteiger partial charge is 0.255 e. The van der Waals surface area contributed by atoms with Crippen LogP contribution in [-0.2, 0) is 4.79 Å². The van der Waals surface area contributed by atoms with Crippen LogP contribution in [0.4, 0.5) is 0 Å². The lowest BCUT2D eigenvalue weighted by atomic mass is 9.99. The summed E-state index contributed by atoms with van der Waals surface area (Å²) in [6, 6.07) is 1.71. The second-order valence-corrected chi connectivity index (χ2v) is 8.44. The Bertz CT molecular complexity index is 915. The summed E-state index contributed by atoms with van der Waals surface area (Å²) in [6.07, 6.45) is 7.49. The van der Waals surface area contributed by atoms with Crippen LogP contribution in [0.15, 0.2) is 12.3 Å². The first-order chi connectivity index (χ1) is 14.0. The molecule has 29 heavy (non-hydrogen) atoms. The monoisotopic (exact) mass is 397 g/mol. The fourth-order valence-corrected chi connectivity index (χ4v) is 4.55. The number of nitrogens with zero attached hydrogens (tertiary/aromatic N) is 5. The molecule has 0 aliphatic carbocycles. The molecule has 2 saturated heterocycles. The van der Waals surface area contributed by atoms with Crippen molar-refractivity contribution < 1.29 is 9.59 Å². The highest BCUT2D eigenvalue weighted by Crippen LogP contribution is 2.27. The third-order valence-corrected chi connectivity index (χ3v) is 6.40. The van der Waals surface area contributed by atoms with Crippen molar-refractivity contribution in [2.75, 3.05) is 19.6 Å². The fraction of sp³-hybridized carbons (Fsp3) is 0.636. The summed E-state index contributed by atoms with van der Waals surface area (Å²) in [7, 11) is 0. The molecule has 7 nitrogen and oxygen atoms in total. The third kappa shape index (κ3) is 3.63. The Morgan fingerprint density at radius 1 is 1.17 bits per heavy atom. The summed E-state index contributed by atoms with van der Waals surface area (Å²) in [5.74, 6) is 0.0503. The van der Waals surface area contributed by atoms with Crippen LogP contribution in [0.25, 0.3) is 11.0 Å². The van der Waals surface area contributed by atoms with Crippen molar-refractivity contribution in [2.45, 2.75) is 71.4 Å². The molecule has 4 heterocycles. The van der Waals surface area contributed by atoms with E-state index in [0.29, 0.717) is 12.1 Å². The van der Waals surface area contributed by atoms with E-state index < -0.39 is 0 Å². The largest absolute Gasteiger partial charge is 0.341 e. The second-order valence-electron chi connectivity index (χ2n) is 8.44. The molecule has 0 aromatic carbocycles. The highest BCUT2D eigenvalue weighted by atomic mass is 16.2. The molecular formula is C22H31N5O2. The summed E-state index contributed by atoms with van der Waals surface area (Å²) in [5, 5.41) is 5.30. The lowest BCUT2D eigenvalue weighted by molar-refractivity contribution is -0.136. The quantitative estimate of drug-likeness (QED) is 0.793. The maximum absolute atomic E-state index is 13.6. The third-order valence-electron chi connectivity index (χ3n) is 6.40.